The second-order valence-corrected chi connectivity index (χ2v) is 2.82. The molecule has 1 fully saturated rings. The molecule has 1 N–H and O–H groups in total. The average Bonchev–Trinajstić information content (AvgIpc) is 2.31. The minimum Gasteiger partial charge on any atom is -0.447 e. The standard InChI is InChI=1S/C7H13NO3.H2/c1-5(2)10-3-6-4-11-7(9)8-6;/h5-6H,3-4H2,1-2H3,(H,8,9);1H/t6-;/m1./s1. The number of ether oxygens (including phenoxy) is 2. The highest BCUT2D eigenvalue weighted by Crippen LogP contribution is 1.99. The highest BCUT2D eigenvalue weighted by molar-refractivity contribution is 5.69. The predicted molar refractivity (Wildman–Crippen MR) is 41.5 cm³/mol. The van der Waals surface area contributed by atoms with E-state index in [0.29, 0.717) is 13.2 Å². The Bertz CT molecular complexity index is 152. The van der Waals surface area contributed by atoms with E-state index in [9.17, 15) is 4.79 Å². The van der Waals surface area contributed by atoms with Crippen molar-refractivity contribution in [2.45, 2.75) is 26.0 Å². The van der Waals surface area contributed by atoms with Gasteiger partial charge < -0.3 is 14.8 Å². The van der Waals surface area contributed by atoms with Gasteiger partial charge in [-0.05, 0) is 13.8 Å². The maximum absolute atomic E-state index is 10.5. The molecule has 0 aliphatic carbocycles. The van der Waals surface area contributed by atoms with Gasteiger partial charge in [0.25, 0.3) is 0 Å². The molecule has 0 aromatic carbocycles. The lowest BCUT2D eigenvalue weighted by Crippen LogP contribution is -2.31. The number of cyclic esters (lactones) is 1. The summed E-state index contributed by atoms with van der Waals surface area (Å²) in [4.78, 5) is 10.5. The number of hydrogen-bond acceptors (Lipinski definition) is 3. The first-order valence-electron chi connectivity index (χ1n) is 3.73. The van der Waals surface area contributed by atoms with Gasteiger partial charge in [0.1, 0.15) is 6.61 Å². The van der Waals surface area contributed by atoms with Gasteiger partial charge in [-0.3, -0.25) is 0 Å². The fourth-order valence-corrected chi connectivity index (χ4v) is 0.825. The van der Waals surface area contributed by atoms with Gasteiger partial charge in [-0.15, -0.1) is 0 Å². The number of rotatable bonds is 3. The largest absolute Gasteiger partial charge is 0.447 e. The normalized spacial score (nSPS) is 23.5. The highest BCUT2D eigenvalue weighted by atomic mass is 16.6. The van der Waals surface area contributed by atoms with Crippen LogP contribution in [0.1, 0.15) is 15.3 Å². The maximum Gasteiger partial charge on any atom is 0.407 e. The first kappa shape index (κ1) is 8.33. The van der Waals surface area contributed by atoms with Crippen LogP contribution in [0, 0.1) is 0 Å². The van der Waals surface area contributed by atoms with Crippen LogP contribution >= 0.6 is 0 Å². The molecule has 1 saturated heterocycles. The second kappa shape index (κ2) is 3.57. The Labute approximate surface area is 67.3 Å². The van der Waals surface area contributed by atoms with E-state index in [1.165, 1.54) is 0 Å². The molecule has 0 saturated carbocycles. The lowest BCUT2D eigenvalue weighted by molar-refractivity contribution is 0.0623. The summed E-state index contributed by atoms with van der Waals surface area (Å²) in [5.41, 5.74) is 0. The van der Waals surface area contributed by atoms with Crippen LogP contribution < -0.4 is 5.32 Å². The molecule has 0 aromatic rings. The number of carbonyl (C=O) groups excluding carboxylic acids is 1. The van der Waals surface area contributed by atoms with Crippen LogP contribution in [0.2, 0.25) is 0 Å². The first-order chi connectivity index (χ1) is 5.18. The van der Waals surface area contributed by atoms with Crippen molar-refractivity contribution < 1.29 is 15.7 Å². The van der Waals surface area contributed by atoms with Crippen molar-refractivity contribution in [2.24, 2.45) is 0 Å². The van der Waals surface area contributed by atoms with E-state index >= 15 is 0 Å². The molecule has 1 aliphatic rings. The lowest BCUT2D eigenvalue weighted by atomic mass is 10.3. The van der Waals surface area contributed by atoms with Crippen LogP contribution in [0.5, 0.6) is 0 Å². The number of hydrogen-bond donors (Lipinski definition) is 1. The van der Waals surface area contributed by atoms with Crippen molar-refractivity contribution in [1.82, 2.24) is 5.32 Å². The Morgan fingerprint density at radius 2 is 2.64 bits per heavy atom. The van der Waals surface area contributed by atoms with Crippen LogP contribution in [0.25, 0.3) is 0 Å². The molecule has 0 spiro atoms. The second-order valence-electron chi connectivity index (χ2n) is 2.82. The Morgan fingerprint density at radius 1 is 1.91 bits per heavy atom. The molecule has 1 aliphatic heterocycles. The summed E-state index contributed by atoms with van der Waals surface area (Å²) in [6.07, 6.45) is -0.144. The van der Waals surface area contributed by atoms with Crippen molar-refractivity contribution in [2.75, 3.05) is 13.2 Å². The molecule has 0 radical (unpaired) electrons. The van der Waals surface area contributed by atoms with Crippen molar-refractivity contribution in [3.8, 4) is 0 Å². The number of nitrogens with one attached hydrogen (secondary N) is 1. The van der Waals surface area contributed by atoms with Gasteiger partial charge in [0.15, 0.2) is 0 Å². The Hall–Kier alpha value is -0.770. The molecular weight excluding hydrogens is 146 g/mol. The molecule has 0 aromatic heterocycles. The smallest absolute Gasteiger partial charge is 0.407 e. The van der Waals surface area contributed by atoms with Crippen LogP contribution in [0.3, 0.4) is 0 Å². The quantitative estimate of drug-likeness (QED) is 0.665. The molecular formula is C7H15NO3. The van der Waals surface area contributed by atoms with E-state index in [0.717, 1.165) is 0 Å². The van der Waals surface area contributed by atoms with E-state index in [-0.39, 0.29) is 19.7 Å². The van der Waals surface area contributed by atoms with Gasteiger partial charge in [0.2, 0.25) is 0 Å². The fraction of sp³-hybridized carbons (Fsp3) is 0.857. The summed E-state index contributed by atoms with van der Waals surface area (Å²) in [6.45, 7) is 4.87. The molecule has 1 heterocycles. The molecule has 66 valence electrons. The van der Waals surface area contributed by atoms with Crippen LogP contribution in [0.4, 0.5) is 4.79 Å². The first-order valence-corrected chi connectivity index (χ1v) is 3.73. The van der Waals surface area contributed by atoms with Gasteiger partial charge in [0, 0.05) is 1.43 Å². The summed E-state index contributed by atoms with van der Waals surface area (Å²) in [5.74, 6) is 0. The molecule has 0 unspecified atom stereocenters. The predicted octanol–water partition coefficient (Wildman–Crippen LogP) is 0.766. The highest BCUT2D eigenvalue weighted by Gasteiger charge is 2.22. The van der Waals surface area contributed by atoms with E-state index in [1.54, 1.807) is 0 Å². The van der Waals surface area contributed by atoms with E-state index in [1.807, 2.05) is 13.8 Å². The van der Waals surface area contributed by atoms with E-state index in [2.05, 4.69) is 10.1 Å². The van der Waals surface area contributed by atoms with Gasteiger partial charge in [-0.25, -0.2) is 4.79 Å². The molecule has 4 heteroatoms. The van der Waals surface area contributed by atoms with Crippen molar-refractivity contribution in [3.63, 3.8) is 0 Å². The van der Waals surface area contributed by atoms with Crippen LogP contribution in [0.15, 0.2) is 0 Å². The zero-order valence-corrected chi connectivity index (χ0v) is 6.79. The number of alkyl carbamates (subject to hydrolysis) is 1. The molecule has 1 rings (SSSR count). The Morgan fingerprint density at radius 3 is 3.09 bits per heavy atom. The van der Waals surface area contributed by atoms with Crippen molar-refractivity contribution in [3.05, 3.63) is 0 Å². The topological polar surface area (TPSA) is 47.6 Å². The van der Waals surface area contributed by atoms with E-state index < -0.39 is 0 Å². The van der Waals surface area contributed by atoms with E-state index in [4.69, 9.17) is 4.74 Å². The number of carbonyl (C=O) groups is 1. The Balaban J connectivity index is 0.00000121. The monoisotopic (exact) mass is 161 g/mol. The zero-order valence-electron chi connectivity index (χ0n) is 6.79. The summed E-state index contributed by atoms with van der Waals surface area (Å²) in [5, 5.41) is 2.62. The van der Waals surface area contributed by atoms with Crippen molar-refractivity contribution >= 4 is 6.09 Å². The van der Waals surface area contributed by atoms with Gasteiger partial charge in [-0.2, -0.15) is 0 Å². The third kappa shape index (κ3) is 2.76. The zero-order chi connectivity index (χ0) is 8.27. The summed E-state index contributed by atoms with van der Waals surface area (Å²) < 4.78 is 9.95. The summed E-state index contributed by atoms with van der Waals surface area (Å²) >= 11 is 0. The lowest BCUT2D eigenvalue weighted by Gasteiger charge is -2.10. The maximum atomic E-state index is 10.5. The van der Waals surface area contributed by atoms with Crippen molar-refractivity contribution in [1.29, 1.82) is 0 Å². The fourth-order valence-electron chi connectivity index (χ4n) is 0.825. The SMILES string of the molecule is CC(C)OC[C@@H]1COC(=O)N1.[HH]. The summed E-state index contributed by atoms with van der Waals surface area (Å²) in [7, 11) is 0. The van der Waals surface area contributed by atoms with Crippen LogP contribution in [-0.4, -0.2) is 31.5 Å². The van der Waals surface area contributed by atoms with Gasteiger partial charge in [-0.1, -0.05) is 0 Å². The minimum absolute atomic E-state index is 0. The molecule has 11 heavy (non-hydrogen) atoms. The Kier molecular flexibility index (Phi) is 2.70. The molecule has 4 nitrogen and oxygen atoms in total. The van der Waals surface area contributed by atoms with Gasteiger partial charge in [0.05, 0.1) is 18.8 Å². The number of amides is 1. The molecule has 1 amide bonds. The molecule has 1 atom stereocenters. The minimum atomic E-state index is -0.345. The third-order valence-corrected chi connectivity index (χ3v) is 1.37. The van der Waals surface area contributed by atoms with Gasteiger partial charge >= 0.3 is 6.09 Å². The molecule has 0 bridgehead atoms. The average molecular weight is 161 g/mol. The third-order valence-electron chi connectivity index (χ3n) is 1.37. The van der Waals surface area contributed by atoms with Crippen LogP contribution in [-0.2, 0) is 9.47 Å². The summed E-state index contributed by atoms with van der Waals surface area (Å²) in [6, 6.07) is 0.0323.